The largest absolute Gasteiger partial charge is 0.301 e. The molecule has 0 unspecified atom stereocenters. The second-order valence-electron chi connectivity index (χ2n) is 9.24. The molecule has 1 heterocycles. The van der Waals surface area contributed by atoms with Crippen molar-refractivity contribution in [2.24, 2.45) is 0 Å². The van der Waals surface area contributed by atoms with Crippen LogP contribution in [0.3, 0.4) is 0 Å². The van der Waals surface area contributed by atoms with Crippen molar-refractivity contribution in [1.29, 1.82) is 0 Å². The van der Waals surface area contributed by atoms with Crippen molar-refractivity contribution in [3.8, 4) is 0 Å². The Kier molecular flexibility index (Phi) is 5.60. The highest BCUT2D eigenvalue weighted by Crippen LogP contribution is 2.58. The van der Waals surface area contributed by atoms with E-state index < -0.39 is 26.5 Å². The number of rotatable bonds is 5. The Hall–Kier alpha value is -3.70. The molecule has 1 aliphatic heterocycles. The summed E-state index contributed by atoms with van der Waals surface area (Å²) in [6.07, 6.45) is 0. The SMILES string of the molecule is Cc1ccc([C@@H]2N(c3ccc(C)cc3)C(=O)[C@]2(c2ccccc2)S(=O)(=O)c2ccc(C)cc2)cc1. The van der Waals surface area contributed by atoms with Crippen LogP contribution in [-0.4, -0.2) is 14.3 Å². The van der Waals surface area contributed by atoms with Crippen molar-refractivity contribution in [2.45, 2.75) is 36.5 Å². The molecule has 5 rings (SSSR count). The van der Waals surface area contributed by atoms with Crippen molar-refractivity contribution in [3.05, 3.63) is 131 Å². The zero-order valence-corrected chi connectivity index (χ0v) is 20.8. The van der Waals surface area contributed by atoms with Crippen LogP contribution in [0, 0.1) is 20.8 Å². The summed E-state index contributed by atoms with van der Waals surface area (Å²) in [6, 6.07) is 30.3. The van der Waals surface area contributed by atoms with Gasteiger partial charge in [0.25, 0.3) is 5.91 Å². The quantitative estimate of drug-likeness (QED) is 0.325. The van der Waals surface area contributed by atoms with E-state index in [0.717, 1.165) is 22.3 Å². The van der Waals surface area contributed by atoms with Gasteiger partial charge in [-0.05, 0) is 56.2 Å². The minimum atomic E-state index is -4.13. The van der Waals surface area contributed by atoms with Crippen LogP contribution in [0.25, 0.3) is 0 Å². The summed E-state index contributed by atoms with van der Waals surface area (Å²) < 4.78 is 27.2. The summed E-state index contributed by atoms with van der Waals surface area (Å²) >= 11 is 0. The van der Waals surface area contributed by atoms with Crippen LogP contribution < -0.4 is 4.90 Å². The molecule has 0 saturated carbocycles. The first kappa shape index (κ1) is 23.1. The number of hydrogen-bond acceptors (Lipinski definition) is 3. The lowest BCUT2D eigenvalue weighted by Crippen LogP contribution is -2.69. The van der Waals surface area contributed by atoms with E-state index in [9.17, 15) is 13.2 Å². The molecule has 4 aromatic carbocycles. The number of hydrogen-bond donors (Lipinski definition) is 0. The van der Waals surface area contributed by atoms with Gasteiger partial charge in [-0.3, -0.25) is 4.79 Å². The smallest absolute Gasteiger partial charge is 0.256 e. The fourth-order valence-corrected chi connectivity index (χ4v) is 7.10. The maximum absolute atomic E-state index is 14.5. The molecular formula is C30H27NO3S. The van der Waals surface area contributed by atoms with E-state index in [2.05, 4.69) is 0 Å². The number of sulfone groups is 1. The summed E-state index contributed by atoms with van der Waals surface area (Å²) in [5.74, 6) is -0.446. The van der Waals surface area contributed by atoms with Gasteiger partial charge >= 0.3 is 0 Å². The molecule has 1 fully saturated rings. The third-order valence-electron chi connectivity index (χ3n) is 6.84. The monoisotopic (exact) mass is 481 g/mol. The summed E-state index contributed by atoms with van der Waals surface area (Å²) in [7, 11) is -4.13. The first-order valence-electron chi connectivity index (χ1n) is 11.6. The normalized spacial score (nSPS) is 19.9. The molecule has 0 aromatic heterocycles. The summed E-state index contributed by atoms with van der Waals surface area (Å²) in [5, 5.41) is 0. The van der Waals surface area contributed by atoms with Gasteiger partial charge in [0.2, 0.25) is 4.75 Å². The van der Waals surface area contributed by atoms with Gasteiger partial charge in [-0.15, -0.1) is 0 Å². The Labute approximate surface area is 206 Å². The molecule has 1 amide bonds. The molecule has 0 aliphatic carbocycles. The molecule has 4 aromatic rings. The second-order valence-corrected chi connectivity index (χ2v) is 11.4. The number of nitrogens with zero attached hydrogens (tertiary/aromatic N) is 1. The maximum atomic E-state index is 14.5. The Morgan fingerprint density at radius 1 is 0.657 bits per heavy atom. The van der Waals surface area contributed by atoms with Crippen molar-refractivity contribution >= 4 is 21.4 Å². The standard InChI is InChI=1S/C30H27NO3S/c1-21-9-15-24(16-10-21)28-30(25-7-5-4-6-8-25,35(33,34)27-19-13-23(3)14-20-27)29(32)31(28)26-17-11-22(2)12-18-26/h4-20,28H,1-3H3/t28-,30+/m0/s1. The third kappa shape index (κ3) is 3.50. The van der Waals surface area contributed by atoms with Crippen molar-refractivity contribution in [3.63, 3.8) is 0 Å². The van der Waals surface area contributed by atoms with Gasteiger partial charge in [-0.2, -0.15) is 0 Å². The summed E-state index contributed by atoms with van der Waals surface area (Å²) in [5.41, 5.74) is 5.00. The highest BCUT2D eigenvalue weighted by molar-refractivity contribution is 7.93. The van der Waals surface area contributed by atoms with Crippen LogP contribution in [-0.2, 0) is 19.4 Å². The predicted molar refractivity (Wildman–Crippen MR) is 139 cm³/mol. The number of carbonyl (C=O) groups is 1. The van der Waals surface area contributed by atoms with Crippen LogP contribution in [0.15, 0.2) is 108 Å². The van der Waals surface area contributed by atoms with Gasteiger partial charge < -0.3 is 4.90 Å². The number of carbonyl (C=O) groups excluding carboxylic acids is 1. The van der Waals surface area contributed by atoms with Gasteiger partial charge in [0.1, 0.15) is 0 Å². The van der Waals surface area contributed by atoms with E-state index in [1.165, 1.54) is 0 Å². The van der Waals surface area contributed by atoms with E-state index in [1.807, 2.05) is 75.4 Å². The van der Waals surface area contributed by atoms with Crippen LogP contribution in [0.2, 0.25) is 0 Å². The average Bonchev–Trinajstić information content (AvgIpc) is 2.85. The lowest BCUT2D eigenvalue weighted by molar-refractivity contribution is -0.128. The Morgan fingerprint density at radius 2 is 1.14 bits per heavy atom. The Morgan fingerprint density at radius 3 is 1.69 bits per heavy atom. The molecule has 4 nitrogen and oxygen atoms in total. The molecule has 176 valence electrons. The van der Waals surface area contributed by atoms with Crippen molar-refractivity contribution in [2.75, 3.05) is 4.90 Å². The fourth-order valence-electron chi connectivity index (χ4n) is 4.92. The highest BCUT2D eigenvalue weighted by Gasteiger charge is 2.70. The summed E-state index contributed by atoms with van der Waals surface area (Å²) in [6.45, 7) is 5.88. The molecule has 0 N–H and O–H groups in total. The first-order valence-corrected chi connectivity index (χ1v) is 13.1. The minimum Gasteiger partial charge on any atom is -0.301 e. The van der Waals surface area contributed by atoms with Gasteiger partial charge in [0.05, 0.1) is 10.9 Å². The molecule has 1 saturated heterocycles. The summed E-state index contributed by atoms with van der Waals surface area (Å²) in [4.78, 5) is 16.0. The Balaban J connectivity index is 1.81. The van der Waals surface area contributed by atoms with Crippen molar-refractivity contribution in [1.82, 2.24) is 0 Å². The van der Waals surface area contributed by atoms with E-state index in [4.69, 9.17) is 0 Å². The molecule has 0 radical (unpaired) electrons. The van der Waals surface area contributed by atoms with Gasteiger partial charge in [0.15, 0.2) is 9.84 Å². The van der Waals surface area contributed by atoms with E-state index >= 15 is 0 Å². The van der Waals surface area contributed by atoms with Gasteiger partial charge in [-0.25, -0.2) is 8.42 Å². The number of benzene rings is 4. The molecule has 5 heteroatoms. The minimum absolute atomic E-state index is 0.140. The number of aryl methyl sites for hydroxylation is 3. The lowest BCUT2D eigenvalue weighted by Gasteiger charge is -2.55. The molecule has 2 atom stereocenters. The zero-order chi connectivity index (χ0) is 24.8. The fraction of sp³-hybridized carbons (Fsp3) is 0.167. The lowest BCUT2D eigenvalue weighted by atomic mass is 9.76. The molecule has 35 heavy (non-hydrogen) atoms. The topological polar surface area (TPSA) is 54.5 Å². The molecule has 0 bridgehead atoms. The van der Waals surface area contributed by atoms with E-state index in [0.29, 0.717) is 11.3 Å². The van der Waals surface area contributed by atoms with Gasteiger partial charge in [0, 0.05) is 5.69 Å². The second kappa shape index (κ2) is 8.51. The van der Waals surface area contributed by atoms with Crippen molar-refractivity contribution < 1.29 is 13.2 Å². The predicted octanol–water partition coefficient (Wildman–Crippen LogP) is 6.07. The number of anilines is 1. The molecular weight excluding hydrogens is 454 g/mol. The third-order valence-corrected chi connectivity index (χ3v) is 9.22. The zero-order valence-electron chi connectivity index (χ0n) is 20.0. The average molecular weight is 482 g/mol. The number of amides is 1. The van der Waals surface area contributed by atoms with Gasteiger partial charge in [-0.1, -0.05) is 95.6 Å². The highest BCUT2D eigenvalue weighted by atomic mass is 32.2. The maximum Gasteiger partial charge on any atom is 0.256 e. The molecule has 0 spiro atoms. The van der Waals surface area contributed by atoms with E-state index in [1.54, 1.807) is 53.4 Å². The van der Waals surface area contributed by atoms with E-state index in [-0.39, 0.29) is 4.90 Å². The number of β-lactam (4-membered cyclic amide) rings is 1. The van der Waals surface area contributed by atoms with Crippen LogP contribution in [0.4, 0.5) is 5.69 Å². The first-order chi connectivity index (χ1) is 16.8. The van der Waals surface area contributed by atoms with Crippen LogP contribution in [0.5, 0.6) is 0 Å². The van der Waals surface area contributed by atoms with Crippen LogP contribution in [0.1, 0.15) is 33.9 Å². The molecule has 1 aliphatic rings. The Bertz CT molecular complexity index is 1480. The van der Waals surface area contributed by atoms with Crippen LogP contribution >= 0.6 is 0 Å².